The highest BCUT2D eigenvalue weighted by molar-refractivity contribution is 7.10. The van der Waals surface area contributed by atoms with Crippen LogP contribution in [-0.4, -0.2) is 34.6 Å². The van der Waals surface area contributed by atoms with Gasteiger partial charge in [0.25, 0.3) is 0 Å². The summed E-state index contributed by atoms with van der Waals surface area (Å²) in [6, 6.07) is 17.4. The van der Waals surface area contributed by atoms with Crippen LogP contribution in [0.15, 0.2) is 89.1 Å². The zero-order valence-corrected chi connectivity index (χ0v) is 19.1. The highest BCUT2D eigenvalue weighted by atomic mass is 32.1. The van der Waals surface area contributed by atoms with Crippen molar-refractivity contribution in [1.82, 2.24) is 4.90 Å². The van der Waals surface area contributed by atoms with E-state index in [2.05, 4.69) is 0 Å². The van der Waals surface area contributed by atoms with Gasteiger partial charge in [-0.25, -0.2) is 0 Å². The van der Waals surface area contributed by atoms with Gasteiger partial charge in [-0.05, 0) is 34.5 Å². The number of thiophene rings is 2. The molecule has 2 unspecified atom stereocenters. The third-order valence-electron chi connectivity index (χ3n) is 5.41. The molecule has 3 aromatic rings. The van der Waals surface area contributed by atoms with Gasteiger partial charge in [-0.3, -0.25) is 0 Å². The Morgan fingerprint density at radius 1 is 1.06 bits per heavy atom. The van der Waals surface area contributed by atoms with E-state index in [4.69, 9.17) is 4.74 Å². The van der Waals surface area contributed by atoms with E-state index in [1.807, 2.05) is 71.4 Å². The zero-order chi connectivity index (χ0) is 22.4. The molecule has 32 heavy (non-hydrogen) atoms. The van der Waals surface area contributed by atoms with Gasteiger partial charge in [-0.1, -0.05) is 42.5 Å². The van der Waals surface area contributed by atoms with E-state index in [0.717, 1.165) is 21.6 Å². The van der Waals surface area contributed by atoms with Crippen LogP contribution in [0.25, 0.3) is 0 Å². The van der Waals surface area contributed by atoms with Crippen molar-refractivity contribution < 1.29 is 19.7 Å². The fourth-order valence-electron chi connectivity index (χ4n) is 3.83. The SMILES string of the molecule is O=CC1(Cc2cccs2)C=CN(CCO)C(C(O)c2cccs2)=C1OCc1ccccc1. The van der Waals surface area contributed by atoms with E-state index in [1.165, 1.54) is 11.3 Å². The molecule has 5 nitrogen and oxygen atoms in total. The Labute approximate surface area is 195 Å². The van der Waals surface area contributed by atoms with Gasteiger partial charge in [0.2, 0.25) is 0 Å². The summed E-state index contributed by atoms with van der Waals surface area (Å²) >= 11 is 3.02. The lowest BCUT2D eigenvalue weighted by molar-refractivity contribution is -0.114. The summed E-state index contributed by atoms with van der Waals surface area (Å²) in [6.45, 7) is 0.439. The molecule has 2 aromatic heterocycles. The molecule has 166 valence electrons. The van der Waals surface area contributed by atoms with Crippen LogP contribution in [0.1, 0.15) is 21.4 Å². The van der Waals surface area contributed by atoms with E-state index >= 15 is 0 Å². The number of benzene rings is 1. The Bertz CT molecular complexity index is 1060. The van der Waals surface area contributed by atoms with E-state index < -0.39 is 11.5 Å². The summed E-state index contributed by atoms with van der Waals surface area (Å²) in [7, 11) is 0. The van der Waals surface area contributed by atoms with Crippen LogP contribution >= 0.6 is 22.7 Å². The van der Waals surface area contributed by atoms with Crippen LogP contribution in [0.5, 0.6) is 0 Å². The van der Waals surface area contributed by atoms with Crippen molar-refractivity contribution in [3.8, 4) is 0 Å². The minimum atomic E-state index is -1.06. The first-order valence-electron chi connectivity index (χ1n) is 10.4. The second-order valence-electron chi connectivity index (χ2n) is 7.55. The first-order valence-corrected chi connectivity index (χ1v) is 12.1. The molecule has 7 heteroatoms. The summed E-state index contributed by atoms with van der Waals surface area (Å²) in [6.07, 6.45) is 3.95. The molecule has 1 aliphatic heterocycles. The van der Waals surface area contributed by atoms with Crippen molar-refractivity contribution in [3.05, 3.63) is 104 Å². The third-order valence-corrected chi connectivity index (χ3v) is 7.21. The Hall–Kier alpha value is -2.71. The van der Waals surface area contributed by atoms with Gasteiger partial charge < -0.3 is 24.6 Å². The van der Waals surface area contributed by atoms with E-state index in [0.29, 0.717) is 17.9 Å². The van der Waals surface area contributed by atoms with Crippen LogP contribution in [0.3, 0.4) is 0 Å². The topological polar surface area (TPSA) is 70.0 Å². The number of carbonyl (C=O) groups is 1. The molecule has 0 radical (unpaired) electrons. The Morgan fingerprint density at radius 3 is 2.50 bits per heavy atom. The second-order valence-corrected chi connectivity index (χ2v) is 9.57. The molecule has 1 aromatic carbocycles. The van der Waals surface area contributed by atoms with Gasteiger partial charge >= 0.3 is 0 Å². The van der Waals surface area contributed by atoms with Crippen molar-refractivity contribution in [3.63, 3.8) is 0 Å². The average molecular weight is 468 g/mol. The Kier molecular flexibility index (Phi) is 7.22. The van der Waals surface area contributed by atoms with Gasteiger partial charge in [0, 0.05) is 28.9 Å². The second kappa shape index (κ2) is 10.3. The lowest BCUT2D eigenvalue weighted by Crippen LogP contribution is -2.38. The van der Waals surface area contributed by atoms with Gasteiger partial charge in [-0.2, -0.15) is 0 Å². The van der Waals surface area contributed by atoms with Gasteiger partial charge in [0.15, 0.2) is 0 Å². The summed E-state index contributed by atoms with van der Waals surface area (Å²) < 4.78 is 6.36. The van der Waals surface area contributed by atoms with Crippen molar-refractivity contribution in [2.24, 2.45) is 5.41 Å². The molecule has 4 rings (SSSR count). The van der Waals surface area contributed by atoms with Crippen LogP contribution < -0.4 is 0 Å². The van der Waals surface area contributed by atoms with Crippen LogP contribution in [0, 0.1) is 5.41 Å². The van der Waals surface area contributed by atoms with Crippen molar-refractivity contribution >= 4 is 29.0 Å². The molecule has 0 bridgehead atoms. The van der Waals surface area contributed by atoms with Crippen LogP contribution in [0.2, 0.25) is 0 Å². The van der Waals surface area contributed by atoms with Gasteiger partial charge in [0.05, 0.1) is 12.3 Å². The van der Waals surface area contributed by atoms with E-state index in [1.54, 1.807) is 22.4 Å². The number of allylic oxidation sites excluding steroid dienone is 1. The fourth-order valence-corrected chi connectivity index (χ4v) is 5.35. The summed E-state index contributed by atoms with van der Waals surface area (Å²) in [5, 5.41) is 24.9. The number of rotatable bonds is 10. The molecule has 1 aliphatic rings. The molecule has 0 saturated carbocycles. The van der Waals surface area contributed by atoms with Crippen LogP contribution in [-0.2, 0) is 22.6 Å². The van der Waals surface area contributed by atoms with Gasteiger partial charge in [-0.15, -0.1) is 22.7 Å². The number of aliphatic hydroxyl groups excluding tert-OH is 2. The molecule has 2 atom stereocenters. The molecule has 2 N–H and O–H groups in total. The predicted molar refractivity (Wildman–Crippen MR) is 127 cm³/mol. The quantitative estimate of drug-likeness (QED) is 0.429. The molecule has 0 amide bonds. The first-order chi connectivity index (χ1) is 15.7. The standard InChI is InChI=1S/C25H25NO4S2/c27-13-12-26-11-10-25(18-28,16-20-8-4-14-31-20)24(30-17-19-6-2-1-3-7-19)22(26)23(29)21-9-5-15-32-21/h1-11,14-15,18,23,27,29H,12-13,16-17H2. The maximum Gasteiger partial charge on any atom is 0.138 e. The predicted octanol–water partition coefficient (Wildman–Crippen LogP) is 4.52. The fraction of sp³-hybridized carbons (Fsp3) is 0.240. The number of β-amino-alcohol motifs (C(OH)–C–C–N with tert-alkyl or cyclic N) is 1. The van der Waals surface area contributed by atoms with Crippen LogP contribution in [0.4, 0.5) is 0 Å². The molecule has 0 fully saturated rings. The highest BCUT2D eigenvalue weighted by Crippen LogP contribution is 2.44. The number of carbonyl (C=O) groups excluding carboxylic acids is 1. The molecule has 0 aliphatic carbocycles. The number of hydrogen-bond donors (Lipinski definition) is 2. The zero-order valence-electron chi connectivity index (χ0n) is 17.5. The Morgan fingerprint density at radius 2 is 1.84 bits per heavy atom. The molecule has 0 saturated heterocycles. The third kappa shape index (κ3) is 4.71. The molecular weight excluding hydrogens is 442 g/mol. The highest BCUT2D eigenvalue weighted by Gasteiger charge is 2.42. The smallest absolute Gasteiger partial charge is 0.138 e. The summed E-state index contributed by atoms with van der Waals surface area (Å²) in [5.41, 5.74) is 0.395. The normalized spacial score (nSPS) is 19.2. The van der Waals surface area contributed by atoms with Crippen molar-refractivity contribution in [2.45, 2.75) is 19.1 Å². The first kappa shape index (κ1) is 22.5. The summed E-state index contributed by atoms with van der Waals surface area (Å²) in [5.74, 6) is 0.418. The monoisotopic (exact) mass is 467 g/mol. The maximum absolute atomic E-state index is 12.6. The molecule has 0 spiro atoms. The largest absolute Gasteiger partial charge is 0.490 e. The number of aldehydes is 1. The summed E-state index contributed by atoms with van der Waals surface area (Å²) in [4.78, 5) is 16.2. The minimum Gasteiger partial charge on any atom is -0.490 e. The Balaban J connectivity index is 1.82. The number of aliphatic hydroxyl groups is 2. The van der Waals surface area contributed by atoms with E-state index in [-0.39, 0.29) is 19.8 Å². The van der Waals surface area contributed by atoms with Crippen molar-refractivity contribution in [2.75, 3.05) is 13.2 Å². The minimum absolute atomic E-state index is 0.101. The number of nitrogens with zero attached hydrogens (tertiary/aromatic N) is 1. The van der Waals surface area contributed by atoms with Gasteiger partial charge in [0.1, 0.15) is 30.2 Å². The molecule has 3 heterocycles. The van der Waals surface area contributed by atoms with Crippen molar-refractivity contribution in [1.29, 1.82) is 0 Å². The lowest BCUT2D eigenvalue weighted by atomic mass is 9.79. The number of hydrogen-bond acceptors (Lipinski definition) is 7. The lowest BCUT2D eigenvalue weighted by Gasteiger charge is -2.39. The average Bonchev–Trinajstić information content (AvgIpc) is 3.54. The molecular formula is C25H25NO4S2. The maximum atomic E-state index is 12.6. The number of ether oxygens (including phenoxy) is 1. The van der Waals surface area contributed by atoms with E-state index in [9.17, 15) is 15.0 Å².